The van der Waals surface area contributed by atoms with Gasteiger partial charge in [0.25, 0.3) is 11.8 Å². The van der Waals surface area contributed by atoms with Gasteiger partial charge in [-0.1, -0.05) is 37.1 Å². The van der Waals surface area contributed by atoms with Crippen LogP contribution in [0.25, 0.3) is 0 Å². The number of hydrogen-bond acceptors (Lipinski definition) is 3. The van der Waals surface area contributed by atoms with E-state index in [4.69, 9.17) is 11.6 Å². The molecule has 6 heteroatoms. The fourth-order valence-electron chi connectivity index (χ4n) is 2.30. The summed E-state index contributed by atoms with van der Waals surface area (Å²) in [4.78, 5) is 30.7. The summed E-state index contributed by atoms with van der Waals surface area (Å²) in [5, 5.41) is 3.36. The maximum Gasteiger partial charge on any atom is 0.274 e. The van der Waals surface area contributed by atoms with Crippen LogP contribution in [0.15, 0.2) is 36.4 Å². The molecule has 0 unspecified atom stereocenters. The minimum atomic E-state index is -0.378. The minimum absolute atomic E-state index is 0.189. The van der Waals surface area contributed by atoms with Gasteiger partial charge in [0, 0.05) is 24.3 Å². The molecule has 2 aromatic rings. The number of nitrogens with zero attached hydrogens (tertiary/aromatic N) is 2. The average Bonchev–Trinajstić information content (AvgIpc) is 2.62. The Kier molecular flexibility index (Phi) is 6.53. The molecule has 0 radical (unpaired) electrons. The molecule has 1 aromatic carbocycles. The van der Waals surface area contributed by atoms with E-state index < -0.39 is 0 Å². The number of rotatable bonds is 6. The van der Waals surface area contributed by atoms with Crippen molar-refractivity contribution in [2.75, 3.05) is 18.9 Å². The molecule has 2 amide bonds. The second kappa shape index (κ2) is 8.62. The summed E-state index contributed by atoms with van der Waals surface area (Å²) in [6.07, 6.45) is 1.93. The van der Waals surface area contributed by atoms with E-state index in [1.807, 2.05) is 6.92 Å². The maximum atomic E-state index is 12.5. The van der Waals surface area contributed by atoms with Crippen molar-refractivity contribution in [3.8, 4) is 0 Å². The Morgan fingerprint density at radius 3 is 2.56 bits per heavy atom. The third-order valence-electron chi connectivity index (χ3n) is 3.91. The summed E-state index contributed by atoms with van der Waals surface area (Å²) >= 11 is 6.07. The van der Waals surface area contributed by atoms with Crippen molar-refractivity contribution in [3.05, 3.63) is 58.4 Å². The third-order valence-corrected chi connectivity index (χ3v) is 4.32. The first-order chi connectivity index (χ1) is 11.9. The molecule has 0 bridgehead atoms. The van der Waals surface area contributed by atoms with Crippen molar-refractivity contribution < 1.29 is 9.59 Å². The number of aromatic nitrogens is 1. The van der Waals surface area contributed by atoms with Crippen molar-refractivity contribution in [2.45, 2.75) is 26.7 Å². The van der Waals surface area contributed by atoms with E-state index in [-0.39, 0.29) is 23.2 Å². The Balaban J connectivity index is 2.16. The van der Waals surface area contributed by atoms with E-state index in [9.17, 15) is 9.59 Å². The quantitative estimate of drug-likeness (QED) is 0.842. The molecule has 25 heavy (non-hydrogen) atoms. The van der Waals surface area contributed by atoms with Gasteiger partial charge in [-0.3, -0.25) is 9.59 Å². The fraction of sp³-hybridized carbons (Fsp3) is 0.316. The second-order valence-electron chi connectivity index (χ2n) is 5.85. The van der Waals surface area contributed by atoms with Gasteiger partial charge in [0.2, 0.25) is 0 Å². The molecule has 1 heterocycles. The van der Waals surface area contributed by atoms with Gasteiger partial charge in [0.15, 0.2) is 0 Å². The highest BCUT2D eigenvalue weighted by Gasteiger charge is 2.16. The maximum absolute atomic E-state index is 12.5. The van der Waals surface area contributed by atoms with E-state index >= 15 is 0 Å². The van der Waals surface area contributed by atoms with E-state index in [2.05, 4.69) is 17.2 Å². The van der Waals surface area contributed by atoms with E-state index in [0.29, 0.717) is 17.3 Å². The number of benzene rings is 1. The molecule has 1 aromatic heterocycles. The van der Waals surface area contributed by atoms with Crippen molar-refractivity contribution in [3.63, 3.8) is 0 Å². The Hall–Kier alpha value is -2.40. The number of amides is 2. The smallest absolute Gasteiger partial charge is 0.274 e. The van der Waals surface area contributed by atoms with Gasteiger partial charge < -0.3 is 10.2 Å². The molecule has 2 rings (SSSR count). The first-order valence-electron chi connectivity index (χ1n) is 8.23. The monoisotopic (exact) mass is 359 g/mol. The fourth-order valence-corrected chi connectivity index (χ4v) is 2.48. The van der Waals surface area contributed by atoms with Crippen LogP contribution in [0.5, 0.6) is 0 Å². The Bertz CT molecular complexity index is 777. The molecule has 0 saturated heterocycles. The van der Waals surface area contributed by atoms with Crippen LogP contribution in [-0.2, 0) is 0 Å². The zero-order valence-electron chi connectivity index (χ0n) is 14.7. The van der Waals surface area contributed by atoms with Crippen molar-refractivity contribution >= 4 is 29.1 Å². The number of unbranched alkanes of at least 4 members (excludes halogenated alkanes) is 1. The van der Waals surface area contributed by atoms with Gasteiger partial charge in [-0.2, -0.15) is 0 Å². The number of carbonyl (C=O) groups excluding carboxylic acids is 2. The van der Waals surface area contributed by atoms with Crippen LogP contribution >= 0.6 is 11.6 Å². The van der Waals surface area contributed by atoms with Crippen molar-refractivity contribution in [1.82, 2.24) is 9.88 Å². The number of halogens is 1. The zero-order chi connectivity index (χ0) is 18.4. The highest BCUT2D eigenvalue weighted by Crippen LogP contribution is 2.23. The molecule has 0 aliphatic heterocycles. The van der Waals surface area contributed by atoms with Crippen LogP contribution in [0.1, 0.15) is 46.3 Å². The summed E-state index contributed by atoms with van der Waals surface area (Å²) in [5.74, 6) is -0.571. The summed E-state index contributed by atoms with van der Waals surface area (Å²) in [7, 11) is 1.74. The number of carbonyl (C=O) groups is 2. The lowest BCUT2D eigenvalue weighted by molar-refractivity contribution is 0.0787. The predicted octanol–water partition coefficient (Wildman–Crippen LogP) is 4.17. The van der Waals surface area contributed by atoms with Crippen LogP contribution in [0, 0.1) is 6.92 Å². The first-order valence-corrected chi connectivity index (χ1v) is 8.60. The topological polar surface area (TPSA) is 62.3 Å². The van der Waals surface area contributed by atoms with Gasteiger partial charge in [0.1, 0.15) is 11.4 Å². The lowest BCUT2D eigenvalue weighted by Crippen LogP contribution is -2.29. The normalized spacial score (nSPS) is 10.4. The van der Waals surface area contributed by atoms with Gasteiger partial charge in [-0.25, -0.2) is 4.98 Å². The molecular weight excluding hydrogens is 338 g/mol. The summed E-state index contributed by atoms with van der Waals surface area (Å²) < 4.78 is 0. The van der Waals surface area contributed by atoms with E-state index in [0.717, 1.165) is 18.4 Å². The standard InChI is InChI=1S/C19H22ClN3O2/c1-4-5-12-23(3)19(25)17-11-7-10-16(21-17)18(24)22-15-9-6-8-14(20)13(15)2/h6-11H,4-5,12H2,1-3H3,(H,22,24). The van der Waals surface area contributed by atoms with E-state index in [1.54, 1.807) is 48.3 Å². The van der Waals surface area contributed by atoms with Gasteiger partial charge in [0.05, 0.1) is 0 Å². The number of nitrogens with one attached hydrogen (secondary N) is 1. The summed E-state index contributed by atoms with van der Waals surface area (Å²) in [5.41, 5.74) is 1.85. The highest BCUT2D eigenvalue weighted by atomic mass is 35.5. The van der Waals surface area contributed by atoms with Gasteiger partial charge >= 0.3 is 0 Å². The highest BCUT2D eigenvalue weighted by molar-refractivity contribution is 6.31. The van der Waals surface area contributed by atoms with Gasteiger partial charge in [-0.05, 0) is 43.2 Å². The summed E-state index contributed by atoms with van der Waals surface area (Å²) in [6.45, 7) is 4.56. The first kappa shape index (κ1) is 18.9. The second-order valence-corrected chi connectivity index (χ2v) is 6.26. The Morgan fingerprint density at radius 1 is 1.16 bits per heavy atom. The number of hydrogen-bond donors (Lipinski definition) is 1. The summed E-state index contributed by atoms with van der Waals surface area (Å²) in [6, 6.07) is 10.2. The zero-order valence-corrected chi connectivity index (χ0v) is 15.4. The largest absolute Gasteiger partial charge is 0.340 e. The minimum Gasteiger partial charge on any atom is -0.340 e. The van der Waals surface area contributed by atoms with Crippen LogP contribution in [0.4, 0.5) is 5.69 Å². The van der Waals surface area contributed by atoms with Crippen LogP contribution in [-0.4, -0.2) is 35.3 Å². The number of anilines is 1. The van der Waals surface area contributed by atoms with Crippen molar-refractivity contribution in [2.24, 2.45) is 0 Å². The third kappa shape index (κ3) is 4.79. The molecule has 0 aliphatic rings. The van der Waals surface area contributed by atoms with Crippen LogP contribution in [0.2, 0.25) is 5.02 Å². The lowest BCUT2D eigenvalue weighted by atomic mass is 10.2. The average molecular weight is 360 g/mol. The predicted molar refractivity (Wildman–Crippen MR) is 100 cm³/mol. The molecular formula is C19H22ClN3O2. The number of pyridine rings is 1. The Morgan fingerprint density at radius 2 is 1.84 bits per heavy atom. The molecule has 0 saturated carbocycles. The molecule has 5 nitrogen and oxygen atoms in total. The molecule has 132 valence electrons. The molecule has 0 atom stereocenters. The molecule has 0 aliphatic carbocycles. The van der Waals surface area contributed by atoms with Crippen LogP contribution < -0.4 is 5.32 Å². The van der Waals surface area contributed by atoms with Crippen LogP contribution in [0.3, 0.4) is 0 Å². The Labute approximate surface area is 153 Å². The molecule has 1 N–H and O–H groups in total. The molecule has 0 fully saturated rings. The van der Waals surface area contributed by atoms with E-state index in [1.165, 1.54) is 0 Å². The SMILES string of the molecule is CCCCN(C)C(=O)c1cccc(C(=O)Nc2cccc(Cl)c2C)n1. The molecule has 0 spiro atoms. The van der Waals surface area contributed by atoms with Crippen molar-refractivity contribution in [1.29, 1.82) is 0 Å². The lowest BCUT2D eigenvalue weighted by Gasteiger charge is -2.16. The van der Waals surface area contributed by atoms with Gasteiger partial charge in [-0.15, -0.1) is 0 Å².